The van der Waals surface area contributed by atoms with E-state index in [0.29, 0.717) is 0 Å². The van der Waals surface area contributed by atoms with Crippen molar-refractivity contribution >= 4 is 0 Å². The van der Waals surface area contributed by atoms with Gasteiger partial charge in [0.25, 0.3) is 0 Å². The molecule has 0 saturated heterocycles. The standard InChI is InChI=1S/C6H10N6O2/c7-11-9-5(10-12-8)1-3-6(13,14)4-2-5/h13-14H,1-4H2. The minimum absolute atomic E-state index is 0.0328. The van der Waals surface area contributed by atoms with Crippen molar-refractivity contribution in [1.29, 1.82) is 0 Å². The van der Waals surface area contributed by atoms with Crippen LogP contribution in [0, 0.1) is 0 Å². The summed E-state index contributed by atoms with van der Waals surface area (Å²) < 4.78 is 0. The smallest absolute Gasteiger partial charge is 0.162 e. The van der Waals surface area contributed by atoms with Crippen molar-refractivity contribution in [2.24, 2.45) is 10.2 Å². The summed E-state index contributed by atoms with van der Waals surface area (Å²) >= 11 is 0. The van der Waals surface area contributed by atoms with Crippen LogP contribution < -0.4 is 0 Å². The minimum atomic E-state index is -1.74. The van der Waals surface area contributed by atoms with E-state index in [1.165, 1.54) is 0 Å². The molecule has 1 saturated carbocycles. The molecule has 0 aliphatic heterocycles. The van der Waals surface area contributed by atoms with E-state index in [9.17, 15) is 10.2 Å². The van der Waals surface area contributed by atoms with Crippen molar-refractivity contribution in [3.8, 4) is 0 Å². The molecule has 0 unspecified atom stereocenters. The SMILES string of the molecule is [N-]=[N+]=NC1(N=[N+]=[N-])CCC(O)(O)CC1. The summed E-state index contributed by atoms with van der Waals surface area (Å²) in [5.74, 6) is -1.74. The molecule has 1 aliphatic carbocycles. The average molecular weight is 198 g/mol. The first-order valence-electron chi connectivity index (χ1n) is 4.11. The Bertz CT molecular complexity index is 284. The predicted molar refractivity (Wildman–Crippen MR) is 46.7 cm³/mol. The van der Waals surface area contributed by atoms with Gasteiger partial charge in [0.2, 0.25) is 0 Å². The first-order chi connectivity index (χ1) is 6.54. The van der Waals surface area contributed by atoms with Crippen LogP contribution in [0.15, 0.2) is 10.2 Å². The molecule has 0 aromatic heterocycles. The van der Waals surface area contributed by atoms with E-state index in [2.05, 4.69) is 20.1 Å². The van der Waals surface area contributed by atoms with Gasteiger partial charge < -0.3 is 10.2 Å². The maximum Gasteiger partial charge on any atom is 0.162 e. The zero-order valence-electron chi connectivity index (χ0n) is 7.41. The molecule has 0 bridgehead atoms. The number of rotatable bonds is 2. The van der Waals surface area contributed by atoms with Crippen LogP contribution in [0.4, 0.5) is 0 Å². The Morgan fingerprint density at radius 3 is 1.71 bits per heavy atom. The third-order valence-corrected chi connectivity index (χ3v) is 2.31. The molecule has 1 rings (SSSR count). The lowest BCUT2D eigenvalue weighted by Gasteiger charge is -2.35. The molecule has 0 aromatic rings. The van der Waals surface area contributed by atoms with E-state index in [1.54, 1.807) is 0 Å². The monoisotopic (exact) mass is 198 g/mol. The number of nitrogens with zero attached hydrogens (tertiary/aromatic N) is 6. The molecule has 1 aliphatic rings. The molecular formula is C6H10N6O2. The first kappa shape index (κ1) is 10.6. The van der Waals surface area contributed by atoms with Crippen molar-refractivity contribution in [2.75, 3.05) is 0 Å². The quantitative estimate of drug-likeness (QED) is 0.301. The van der Waals surface area contributed by atoms with E-state index < -0.39 is 11.4 Å². The van der Waals surface area contributed by atoms with Crippen LogP contribution >= 0.6 is 0 Å². The highest BCUT2D eigenvalue weighted by Gasteiger charge is 2.39. The largest absolute Gasteiger partial charge is 0.366 e. The third kappa shape index (κ3) is 2.27. The Hall–Kier alpha value is -1.46. The fraction of sp³-hybridized carbons (Fsp3) is 1.00. The fourth-order valence-electron chi connectivity index (χ4n) is 1.44. The molecule has 8 nitrogen and oxygen atoms in total. The van der Waals surface area contributed by atoms with E-state index in [0.717, 1.165) is 0 Å². The van der Waals surface area contributed by atoms with Crippen molar-refractivity contribution in [2.45, 2.75) is 37.1 Å². The summed E-state index contributed by atoms with van der Waals surface area (Å²) in [6.45, 7) is 0. The normalized spacial score (nSPS) is 23.0. The fourth-order valence-corrected chi connectivity index (χ4v) is 1.44. The summed E-state index contributed by atoms with van der Waals surface area (Å²) in [4.78, 5) is 5.19. The van der Waals surface area contributed by atoms with E-state index in [-0.39, 0.29) is 25.7 Å². The lowest BCUT2D eigenvalue weighted by atomic mass is 9.86. The van der Waals surface area contributed by atoms with Crippen LogP contribution in [0.3, 0.4) is 0 Å². The van der Waals surface area contributed by atoms with Crippen LogP contribution in [0.5, 0.6) is 0 Å². The zero-order valence-corrected chi connectivity index (χ0v) is 7.41. The maximum atomic E-state index is 9.23. The Morgan fingerprint density at radius 2 is 1.36 bits per heavy atom. The van der Waals surface area contributed by atoms with Crippen molar-refractivity contribution in [3.63, 3.8) is 0 Å². The highest BCUT2D eigenvalue weighted by molar-refractivity contribution is 4.93. The Labute approximate surface area is 79.4 Å². The summed E-state index contributed by atoms with van der Waals surface area (Å²) in [5, 5.41) is 25.3. The second-order valence-corrected chi connectivity index (χ2v) is 3.34. The zero-order chi connectivity index (χ0) is 10.7. The molecule has 1 fully saturated rings. The Morgan fingerprint density at radius 1 is 0.929 bits per heavy atom. The van der Waals surface area contributed by atoms with E-state index >= 15 is 0 Å². The molecule has 14 heavy (non-hydrogen) atoms. The first-order valence-corrected chi connectivity index (χ1v) is 4.11. The number of hydrogen-bond donors (Lipinski definition) is 2. The number of azide groups is 1. The lowest BCUT2D eigenvalue weighted by molar-refractivity contribution is -0.187. The van der Waals surface area contributed by atoms with Crippen LogP contribution in [-0.4, -0.2) is 21.7 Å². The number of aliphatic hydroxyl groups is 2. The highest BCUT2D eigenvalue weighted by Crippen LogP contribution is 2.37. The molecule has 8 heteroatoms. The van der Waals surface area contributed by atoms with Gasteiger partial charge in [0.15, 0.2) is 5.79 Å². The second-order valence-electron chi connectivity index (χ2n) is 3.34. The van der Waals surface area contributed by atoms with Crippen molar-refractivity contribution in [1.82, 2.24) is 0 Å². The topological polar surface area (TPSA) is 138 Å². The summed E-state index contributed by atoms with van der Waals surface area (Å²) in [7, 11) is 0. The third-order valence-electron chi connectivity index (χ3n) is 2.31. The van der Waals surface area contributed by atoms with Crippen LogP contribution in [-0.2, 0) is 0 Å². The van der Waals surface area contributed by atoms with Gasteiger partial charge in [-0.1, -0.05) is 10.2 Å². The van der Waals surface area contributed by atoms with Gasteiger partial charge in [-0.25, -0.2) is 0 Å². The van der Waals surface area contributed by atoms with Gasteiger partial charge in [0.05, 0.1) is 0 Å². The Kier molecular flexibility index (Phi) is 2.83. The Balaban J connectivity index is 2.84. The van der Waals surface area contributed by atoms with Crippen molar-refractivity contribution < 1.29 is 10.2 Å². The molecule has 0 radical (unpaired) electrons. The molecule has 0 aromatic carbocycles. The van der Waals surface area contributed by atoms with Gasteiger partial charge in [-0.05, 0) is 23.9 Å². The molecule has 0 heterocycles. The van der Waals surface area contributed by atoms with Crippen molar-refractivity contribution in [3.05, 3.63) is 20.9 Å². The van der Waals surface area contributed by atoms with Gasteiger partial charge in [-0.15, -0.1) is 0 Å². The molecule has 0 spiro atoms. The molecule has 76 valence electrons. The number of hydrogen-bond acceptors (Lipinski definition) is 4. The van der Waals surface area contributed by atoms with Gasteiger partial charge in [0, 0.05) is 22.7 Å². The summed E-state index contributed by atoms with van der Waals surface area (Å²) in [6, 6.07) is 0. The van der Waals surface area contributed by atoms with Gasteiger partial charge in [0.1, 0.15) is 5.66 Å². The van der Waals surface area contributed by atoms with Crippen LogP contribution in [0.25, 0.3) is 20.9 Å². The highest BCUT2D eigenvalue weighted by atomic mass is 16.5. The average Bonchev–Trinajstić information content (AvgIpc) is 2.12. The minimum Gasteiger partial charge on any atom is -0.366 e. The predicted octanol–water partition coefficient (Wildman–Crippen LogP) is 1.56. The summed E-state index contributed by atoms with van der Waals surface area (Å²) in [5.41, 5.74) is 15.4. The lowest BCUT2D eigenvalue weighted by Crippen LogP contribution is -2.40. The molecule has 0 amide bonds. The molecular weight excluding hydrogens is 188 g/mol. The molecule has 0 atom stereocenters. The van der Waals surface area contributed by atoms with E-state index in [1.807, 2.05) is 0 Å². The van der Waals surface area contributed by atoms with Crippen LogP contribution in [0.1, 0.15) is 25.7 Å². The van der Waals surface area contributed by atoms with E-state index in [4.69, 9.17) is 11.1 Å². The van der Waals surface area contributed by atoms with Gasteiger partial charge in [-0.3, -0.25) is 0 Å². The second kappa shape index (κ2) is 3.73. The van der Waals surface area contributed by atoms with Gasteiger partial charge >= 0.3 is 0 Å². The molecule has 2 N–H and O–H groups in total. The summed E-state index contributed by atoms with van der Waals surface area (Å²) in [6.07, 6.45) is 0.359. The van der Waals surface area contributed by atoms with Crippen LogP contribution in [0.2, 0.25) is 0 Å². The van der Waals surface area contributed by atoms with Gasteiger partial charge in [-0.2, -0.15) is 0 Å². The maximum absolute atomic E-state index is 9.23.